The molecule has 128 valence electrons. The van der Waals surface area contributed by atoms with Crippen molar-refractivity contribution in [1.82, 2.24) is 5.32 Å². The lowest BCUT2D eigenvalue weighted by atomic mass is 10.0. The van der Waals surface area contributed by atoms with Gasteiger partial charge in [-0.25, -0.2) is 4.39 Å². The Labute approximate surface area is 141 Å². The molecule has 0 spiro atoms. The number of hydrogen-bond acceptors (Lipinski definition) is 3. The SMILES string of the molecule is Cc1ccc(C)c(CC(=O)NCC(O)COc2ccc(F)cc2)c1. The van der Waals surface area contributed by atoms with Gasteiger partial charge in [-0.1, -0.05) is 23.8 Å². The third-order valence-corrected chi connectivity index (χ3v) is 3.65. The normalized spacial score (nSPS) is 11.8. The number of carbonyl (C=O) groups excluding carboxylic acids is 1. The molecule has 0 aliphatic carbocycles. The fourth-order valence-corrected chi connectivity index (χ4v) is 2.24. The van der Waals surface area contributed by atoms with Crippen LogP contribution in [0.25, 0.3) is 0 Å². The second kappa shape index (κ2) is 8.45. The quantitative estimate of drug-likeness (QED) is 0.820. The summed E-state index contributed by atoms with van der Waals surface area (Å²) < 4.78 is 18.1. The van der Waals surface area contributed by atoms with Crippen molar-refractivity contribution in [2.24, 2.45) is 0 Å². The smallest absolute Gasteiger partial charge is 0.224 e. The van der Waals surface area contributed by atoms with E-state index < -0.39 is 6.10 Å². The van der Waals surface area contributed by atoms with Crippen molar-refractivity contribution in [1.29, 1.82) is 0 Å². The molecule has 0 aliphatic rings. The minimum Gasteiger partial charge on any atom is -0.491 e. The van der Waals surface area contributed by atoms with E-state index in [1.807, 2.05) is 32.0 Å². The molecular formula is C19H22FNO3. The van der Waals surface area contributed by atoms with Gasteiger partial charge in [-0.15, -0.1) is 0 Å². The number of ether oxygens (including phenoxy) is 1. The topological polar surface area (TPSA) is 58.6 Å². The maximum atomic E-state index is 12.8. The van der Waals surface area contributed by atoms with Crippen molar-refractivity contribution in [3.05, 3.63) is 65.0 Å². The molecule has 0 saturated carbocycles. The van der Waals surface area contributed by atoms with E-state index in [0.717, 1.165) is 16.7 Å². The molecule has 0 bridgehead atoms. The molecule has 2 aromatic rings. The summed E-state index contributed by atoms with van der Waals surface area (Å²) in [4.78, 5) is 12.0. The van der Waals surface area contributed by atoms with Crippen LogP contribution in [0, 0.1) is 19.7 Å². The van der Waals surface area contributed by atoms with Crippen LogP contribution >= 0.6 is 0 Å². The predicted octanol–water partition coefficient (Wildman–Crippen LogP) is 2.54. The first-order valence-electron chi connectivity index (χ1n) is 7.83. The molecule has 0 fully saturated rings. The van der Waals surface area contributed by atoms with E-state index in [1.54, 1.807) is 0 Å². The molecule has 4 nitrogen and oxygen atoms in total. The molecule has 2 aromatic carbocycles. The highest BCUT2D eigenvalue weighted by Crippen LogP contribution is 2.12. The van der Waals surface area contributed by atoms with Crippen LogP contribution in [-0.2, 0) is 11.2 Å². The second-order valence-electron chi connectivity index (χ2n) is 5.83. The van der Waals surface area contributed by atoms with Crippen LogP contribution in [0.4, 0.5) is 4.39 Å². The molecule has 1 atom stereocenters. The molecule has 2 N–H and O–H groups in total. The van der Waals surface area contributed by atoms with Crippen molar-refractivity contribution < 1.29 is 19.0 Å². The molecule has 0 saturated heterocycles. The molecule has 0 radical (unpaired) electrons. The van der Waals surface area contributed by atoms with Crippen LogP contribution in [0.5, 0.6) is 5.75 Å². The molecule has 1 unspecified atom stereocenters. The maximum absolute atomic E-state index is 12.8. The summed E-state index contributed by atoms with van der Waals surface area (Å²) >= 11 is 0. The van der Waals surface area contributed by atoms with Gasteiger partial charge < -0.3 is 15.2 Å². The number of aryl methyl sites for hydroxylation is 2. The lowest BCUT2D eigenvalue weighted by molar-refractivity contribution is -0.121. The zero-order valence-corrected chi connectivity index (χ0v) is 13.9. The van der Waals surface area contributed by atoms with Crippen molar-refractivity contribution in [2.75, 3.05) is 13.2 Å². The Hall–Kier alpha value is -2.40. The van der Waals surface area contributed by atoms with Gasteiger partial charge in [-0.2, -0.15) is 0 Å². The molecule has 1 amide bonds. The first-order chi connectivity index (χ1) is 11.4. The number of hydrogen-bond donors (Lipinski definition) is 2. The summed E-state index contributed by atoms with van der Waals surface area (Å²) in [6.45, 7) is 4.07. The average molecular weight is 331 g/mol. The molecule has 0 aliphatic heterocycles. The zero-order chi connectivity index (χ0) is 17.5. The third kappa shape index (κ3) is 5.66. The molecule has 24 heavy (non-hydrogen) atoms. The molecule has 2 rings (SSSR count). The van der Waals surface area contributed by atoms with Gasteiger partial charge in [0.25, 0.3) is 0 Å². The number of nitrogens with one attached hydrogen (secondary N) is 1. The minimum atomic E-state index is -0.836. The highest BCUT2D eigenvalue weighted by atomic mass is 19.1. The van der Waals surface area contributed by atoms with E-state index in [9.17, 15) is 14.3 Å². The first kappa shape index (κ1) is 17.9. The van der Waals surface area contributed by atoms with Crippen molar-refractivity contribution in [3.8, 4) is 5.75 Å². The summed E-state index contributed by atoms with van der Waals surface area (Å²) in [6, 6.07) is 11.5. The van der Waals surface area contributed by atoms with Crippen molar-refractivity contribution >= 4 is 5.91 Å². The summed E-state index contributed by atoms with van der Waals surface area (Å²) in [5.41, 5.74) is 3.15. The van der Waals surface area contributed by atoms with Crippen LogP contribution in [-0.4, -0.2) is 30.3 Å². The van der Waals surface area contributed by atoms with E-state index in [4.69, 9.17) is 4.74 Å². The fourth-order valence-electron chi connectivity index (χ4n) is 2.24. The number of amides is 1. The largest absolute Gasteiger partial charge is 0.491 e. The van der Waals surface area contributed by atoms with E-state index in [0.29, 0.717) is 5.75 Å². The molecule has 0 aromatic heterocycles. The average Bonchev–Trinajstić information content (AvgIpc) is 2.56. The van der Waals surface area contributed by atoms with Gasteiger partial charge in [0.15, 0.2) is 0 Å². The predicted molar refractivity (Wildman–Crippen MR) is 90.5 cm³/mol. The molecule has 0 heterocycles. The van der Waals surface area contributed by atoms with E-state index in [-0.39, 0.29) is 31.3 Å². The van der Waals surface area contributed by atoms with E-state index in [2.05, 4.69) is 5.32 Å². The monoisotopic (exact) mass is 331 g/mol. The first-order valence-corrected chi connectivity index (χ1v) is 7.83. The standard InChI is InChI=1S/C19H22FNO3/c1-13-3-4-14(2)15(9-13)10-19(23)21-11-17(22)12-24-18-7-5-16(20)6-8-18/h3-9,17,22H,10-12H2,1-2H3,(H,21,23). The minimum absolute atomic E-state index is 0.0232. The van der Waals surface area contributed by atoms with Crippen LogP contribution in [0.2, 0.25) is 0 Å². The van der Waals surface area contributed by atoms with Crippen molar-refractivity contribution in [3.63, 3.8) is 0 Å². The lowest BCUT2D eigenvalue weighted by Crippen LogP contribution is -2.36. The number of benzene rings is 2. The Kier molecular flexibility index (Phi) is 6.32. The molecule has 5 heteroatoms. The summed E-state index contributed by atoms with van der Waals surface area (Å²) in [5.74, 6) is -0.0247. The van der Waals surface area contributed by atoms with Gasteiger partial charge in [-0.3, -0.25) is 4.79 Å². The lowest BCUT2D eigenvalue weighted by Gasteiger charge is -2.14. The Balaban J connectivity index is 1.74. The number of halogens is 1. The Morgan fingerprint density at radius 2 is 1.92 bits per heavy atom. The Bertz CT molecular complexity index is 686. The summed E-state index contributed by atoms with van der Waals surface area (Å²) in [7, 11) is 0. The number of aliphatic hydroxyl groups excluding tert-OH is 1. The maximum Gasteiger partial charge on any atom is 0.224 e. The van der Waals surface area contributed by atoms with Gasteiger partial charge in [0.1, 0.15) is 24.3 Å². The Morgan fingerprint density at radius 3 is 2.62 bits per heavy atom. The summed E-state index contributed by atoms with van der Waals surface area (Å²) in [5, 5.41) is 12.6. The highest BCUT2D eigenvalue weighted by Gasteiger charge is 2.10. The van der Waals surface area contributed by atoms with Crippen molar-refractivity contribution in [2.45, 2.75) is 26.4 Å². The van der Waals surface area contributed by atoms with E-state index in [1.165, 1.54) is 24.3 Å². The van der Waals surface area contributed by atoms with Gasteiger partial charge >= 0.3 is 0 Å². The number of aliphatic hydroxyl groups is 1. The summed E-state index contributed by atoms with van der Waals surface area (Å²) in [6.07, 6.45) is -0.559. The zero-order valence-electron chi connectivity index (χ0n) is 13.9. The highest BCUT2D eigenvalue weighted by molar-refractivity contribution is 5.79. The van der Waals surface area contributed by atoms with E-state index >= 15 is 0 Å². The van der Waals surface area contributed by atoms with Crippen LogP contribution in [0.15, 0.2) is 42.5 Å². The van der Waals surface area contributed by atoms with Crippen LogP contribution < -0.4 is 10.1 Å². The number of rotatable bonds is 7. The second-order valence-corrected chi connectivity index (χ2v) is 5.83. The van der Waals surface area contributed by atoms with Crippen LogP contribution in [0.3, 0.4) is 0 Å². The van der Waals surface area contributed by atoms with Gasteiger partial charge in [0.2, 0.25) is 5.91 Å². The number of carbonyl (C=O) groups is 1. The third-order valence-electron chi connectivity index (χ3n) is 3.65. The fraction of sp³-hybridized carbons (Fsp3) is 0.316. The van der Waals surface area contributed by atoms with Crippen LogP contribution in [0.1, 0.15) is 16.7 Å². The van der Waals surface area contributed by atoms with Gasteiger partial charge in [-0.05, 0) is 49.2 Å². The van der Waals surface area contributed by atoms with Gasteiger partial charge in [0, 0.05) is 6.54 Å². The molecular weight excluding hydrogens is 309 g/mol. The van der Waals surface area contributed by atoms with Gasteiger partial charge in [0.05, 0.1) is 6.42 Å². The Morgan fingerprint density at radius 1 is 1.21 bits per heavy atom.